The highest BCUT2D eigenvalue weighted by Gasteiger charge is 2.34. The number of rotatable bonds is 11. The fourth-order valence-corrected chi connectivity index (χ4v) is 5.99. The third-order valence-corrected chi connectivity index (χ3v) is 8.69. The van der Waals surface area contributed by atoms with Gasteiger partial charge in [-0.2, -0.15) is 0 Å². The van der Waals surface area contributed by atoms with E-state index in [1.54, 1.807) is 55.6 Å². The lowest BCUT2D eigenvalue weighted by Crippen LogP contribution is -2.55. The minimum atomic E-state index is -4.13. The monoisotopic (exact) mass is 643 g/mol. The molecule has 0 saturated carbocycles. The van der Waals surface area contributed by atoms with E-state index in [9.17, 15) is 18.0 Å². The van der Waals surface area contributed by atoms with E-state index in [1.165, 1.54) is 17.0 Å². The van der Waals surface area contributed by atoms with Gasteiger partial charge in [0, 0.05) is 16.6 Å². The van der Waals surface area contributed by atoms with Gasteiger partial charge in [0.1, 0.15) is 18.3 Å². The van der Waals surface area contributed by atoms with Crippen LogP contribution in [0.3, 0.4) is 0 Å². The van der Waals surface area contributed by atoms with Crippen molar-refractivity contribution >= 4 is 43.5 Å². The van der Waals surface area contributed by atoms with E-state index in [0.717, 1.165) is 19.9 Å². The van der Waals surface area contributed by atoms with Gasteiger partial charge in [0.2, 0.25) is 11.8 Å². The number of amides is 2. The van der Waals surface area contributed by atoms with Crippen LogP contribution in [-0.2, 0) is 26.2 Å². The topological polar surface area (TPSA) is 96.0 Å². The Bertz CT molecular complexity index is 1450. The Morgan fingerprint density at radius 1 is 1.00 bits per heavy atom. The molecule has 0 radical (unpaired) electrons. The average Bonchev–Trinajstić information content (AvgIpc) is 2.91. The van der Waals surface area contributed by atoms with Crippen molar-refractivity contribution in [3.63, 3.8) is 0 Å². The van der Waals surface area contributed by atoms with E-state index in [2.05, 4.69) is 21.2 Å². The van der Waals surface area contributed by atoms with Gasteiger partial charge in [0.05, 0.1) is 17.7 Å². The molecule has 0 fully saturated rings. The minimum Gasteiger partial charge on any atom is -0.497 e. The van der Waals surface area contributed by atoms with Crippen LogP contribution in [0.25, 0.3) is 0 Å². The summed E-state index contributed by atoms with van der Waals surface area (Å²) in [5, 5.41) is 2.97. The summed E-state index contributed by atoms with van der Waals surface area (Å²) < 4.78 is 35.1. The predicted molar refractivity (Wildman–Crippen MR) is 165 cm³/mol. The molecule has 0 unspecified atom stereocenters. The van der Waals surface area contributed by atoms with E-state index in [-0.39, 0.29) is 17.3 Å². The molecular formula is C31H38BrN3O5S. The summed E-state index contributed by atoms with van der Waals surface area (Å²) in [7, 11) is -2.57. The highest BCUT2D eigenvalue weighted by atomic mass is 79.9. The van der Waals surface area contributed by atoms with Crippen molar-refractivity contribution in [2.75, 3.05) is 18.0 Å². The normalized spacial score (nSPS) is 12.4. The molecule has 0 aromatic heterocycles. The van der Waals surface area contributed by atoms with Crippen LogP contribution in [0.2, 0.25) is 0 Å². The molecule has 3 aromatic rings. The number of hydrogen-bond acceptors (Lipinski definition) is 5. The van der Waals surface area contributed by atoms with Crippen molar-refractivity contribution in [2.45, 2.75) is 64.1 Å². The first-order valence-corrected chi connectivity index (χ1v) is 15.6. The molecule has 8 nitrogen and oxygen atoms in total. The molecule has 41 heavy (non-hydrogen) atoms. The molecule has 220 valence electrons. The van der Waals surface area contributed by atoms with Crippen LogP contribution in [0.1, 0.15) is 45.2 Å². The summed E-state index contributed by atoms with van der Waals surface area (Å²) in [5.41, 5.74) is 1.47. The van der Waals surface area contributed by atoms with Crippen molar-refractivity contribution in [1.29, 1.82) is 0 Å². The second-order valence-electron chi connectivity index (χ2n) is 10.8. The van der Waals surface area contributed by atoms with Crippen molar-refractivity contribution in [3.8, 4) is 5.75 Å². The number of carbonyl (C=O) groups excluding carboxylic acids is 2. The summed E-state index contributed by atoms with van der Waals surface area (Å²) in [6, 6.07) is 19.6. The van der Waals surface area contributed by atoms with Crippen molar-refractivity contribution < 1.29 is 22.7 Å². The number of halogens is 1. The third kappa shape index (κ3) is 8.56. The van der Waals surface area contributed by atoms with Gasteiger partial charge in [-0.25, -0.2) is 8.42 Å². The van der Waals surface area contributed by atoms with Crippen LogP contribution in [0.5, 0.6) is 5.75 Å². The first kappa shape index (κ1) is 32.1. The smallest absolute Gasteiger partial charge is 0.264 e. The molecule has 0 saturated heterocycles. The molecule has 2 amide bonds. The van der Waals surface area contributed by atoms with Gasteiger partial charge in [0.15, 0.2) is 0 Å². The first-order chi connectivity index (χ1) is 19.2. The second-order valence-corrected chi connectivity index (χ2v) is 13.6. The van der Waals surface area contributed by atoms with Crippen LogP contribution in [0.15, 0.2) is 82.2 Å². The molecule has 3 rings (SSSR count). The van der Waals surface area contributed by atoms with Gasteiger partial charge >= 0.3 is 0 Å². The molecule has 0 spiro atoms. The number of aryl methyl sites for hydroxylation is 1. The molecule has 1 atom stereocenters. The van der Waals surface area contributed by atoms with Crippen molar-refractivity contribution in [3.05, 3.63) is 88.4 Å². The molecule has 0 heterocycles. The van der Waals surface area contributed by atoms with Crippen LogP contribution in [0.4, 0.5) is 5.69 Å². The number of anilines is 1. The molecule has 0 aliphatic carbocycles. The zero-order valence-corrected chi connectivity index (χ0v) is 26.8. The Hall–Kier alpha value is -3.37. The highest BCUT2D eigenvalue weighted by molar-refractivity contribution is 9.10. The lowest BCUT2D eigenvalue weighted by molar-refractivity contribution is -0.141. The Morgan fingerprint density at radius 2 is 1.63 bits per heavy atom. The summed E-state index contributed by atoms with van der Waals surface area (Å²) >= 11 is 3.39. The lowest BCUT2D eigenvalue weighted by Gasteiger charge is -2.34. The number of sulfonamides is 1. The summed E-state index contributed by atoms with van der Waals surface area (Å²) in [4.78, 5) is 29.1. The predicted octanol–water partition coefficient (Wildman–Crippen LogP) is 5.68. The highest BCUT2D eigenvalue weighted by Crippen LogP contribution is 2.27. The van der Waals surface area contributed by atoms with E-state index in [4.69, 9.17) is 4.74 Å². The van der Waals surface area contributed by atoms with Crippen LogP contribution >= 0.6 is 15.9 Å². The van der Waals surface area contributed by atoms with E-state index in [0.29, 0.717) is 17.9 Å². The Morgan fingerprint density at radius 3 is 2.20 bits per heavy atom. The van der Waals surface area contributed by atoms with E-state index >= 15 is 0 Å². The molecule has 3 aromatic carbocycles. The molecule has 1 N–H and O–H groups in total. The van der Waals surface area contributed by atoms with Crippen LogP contribution in [-0.4, -0.2) is 50.4 Å². The lowest BCUT2D eigenvalue weighted by atomic mass is 10.1. The second kappa shape index (κ2) is 13.5. The zero-order valence-electron chi connectivity index (χ0n) is 24.3. The Labute approximate surface area is 251 Å². The minimum absolute atomic E-state index is 0.0654. The Kier molecular flexibility index (Phi) is 10.6. The van der Waals surface area contributed by atoms with Crippen LogP contribution < -0.4 is 14.4 Å². The largest absolute Gasteiger partial charge is 0.497 e. The van der Waals surface area contributed by atoms with Crippen LogP contribution in [0, 0.1) is 6.92 Å². The molecule has 0 aliphatic rings. The number of carbonyl (C=O) groups is 2. The number of nitrogens with zero attached hydrogens (tertiary/aromatic N) is 2. The fourth-order valence-electron chi connectivity index (χ4n) is 4.31. The maximum atomic E-state index is 14.2. The zero-order chi connectivity index (χ0) is 30.4. The Balaban J connectivity index is 2.07. The molecule has 0 bridgehead atoms. The van der Waals surface area contributed by atoms with Gasteiger partial charge in [-0.3, -0.25) is 13.9 Å². The third-order valence-electron chi connectivity index (χ3n) is 6.37. The van der Waals surface area contributed by atoms with E-state index in [1.807, 2.05) is 46.8 Å². The number of nitrogens with one attached hydrogen (secondary N) is 1. The number of hydrogen-bond donors (Lipinski definition) is 1. The average molecular weight is 645 g/mol. The maximum absolute atomic E-state index is 14.2. The number of ether oxygens (including phenoxy) is 1. The molecular weight excluding hydrogens is 606 g/mol. The van der Waals surface area contributed by atoms with Crippen molar-refractivity contribution in [1.82, 2.24) is 10.2 Å². The summed E-state index contributed by atoms with van der Waals surface area (Å²) in [6.45, 7) is 8.90. The van der Waals surface area contributed by atoms with Gasteiger partial charge in [-0.15, -0.1) is 0 Å². The number of methoxy groups -OCH3 is 1. The van der Waals surface area contributed by atoms with Gasteiger partial charge in [-0.1, -0.05) is 52.7 Å². The first-order valence-electron chi connectivity index (χ1n) is 13.3. The van der Waals surface area contributed by atoms with Gasteiger partial charge < -0.3 is 15.0 Å². The summed E-state index contributed by atoms with van der Waals surface area (Å²) in [6.07, 6.45) is 0.334. The van der Waals surface area contributed by atoms with Gasteiger partial charge in [0.25, 0.3) is 10.0 Å². The van der Waals surface area contributed by atoms with Gasteiger partial charge in [-0.05, 0) is 88.2 Å². The molecule has 10 heteroatoms. The quantitative estimate of drug-likeness (QED) is 0.290. The SMILES string of the molecule is CC[C@@H](C(=O)NC(C)(C)C)N(Cc1cccc(OC)c1)C(=O)CN(c1ccc(Br)cc1)S(=O)(=O)c1ccc(C)cc1. The maximum Gasteiger partial charge on any atom is 0.264 e. The summed E-state index contributed by atoms with van der Waals surface area (Å²) in [5.74, 6) is -0.212. The number of benzene rings is 3. The van der Waals surface area contributed by atoms with Crippen molar-refractivity contribution in [2.24, 2.45) is 0 Å². The fraction of sp³-hybridized carbons (Fsp3) is 0.355. The molecule has 0 aliphatic heterocycles. The van der Waals surface area contributed by atoms with E-state index < -0.39 is 34.1 Å². The standard InChI is InChI=1S/C31H38BrN3O5S/c1-7-28(30(37)33-31(3,4)5)34(20-23-9-8-10-26(19-23)40-6)29(36)21-35(25-15-13-24(32)14-16-25)41(38,39)27-17-11-22(2)12-18-27/h8-19,28H,7,20-21H2,1-6H3,(H,33,37)/t28-/m0/s1.